The van der Waals surface area contributed by atoms with Crippen LogP contribution in [0.15, 0.2) is 48.5 Å². The molecule has 2 amide bonds. The van der Waals surface area contributed by atoms with Gasteiger partial charge < -0.3 is 19.3 Å². The SMILES string of the molecule is CC(C)CN(C[C@@H]1CN(C(=O)COc2ccc(Cl)cc2)CCO1)C(=O)c1ccc(C(F)(F)F)cc1. The molecule has 0 radical (unpaired) electrons. The average Bonchev–Trinajstić information content (AvgIpc) is 2.82. The van der Waals surface area contributed by atoms with E-state index in [1.165, 1.54) is 12.1 Å². The van der Waals surface area contributed by atoms with Gasteiger partial charge in [0.15, 0.2) is 6.61 Å². The quantitative estimate of drug-likeness (QED) is 0.511. The first kappa shape index (κ1) is 26.8. The summed E-state index contributed by atoms with van der Waals surface area (Å²) in [6, 6.07) is 10.9. The van der Waals surface area contributed by atoms with Crippen LogP contribution in [0.4, 0.5) is 13.2 Å². The minimum atomic E-state index is -4.47. The maximum Gasteiger partial charge on any atom is 0.416 e. The van der Waals surface area contributed by atoms with Crippen molar-refractivity contribution in [1.82, 2.24) is 9.80 Å². The molecule has 2 aromatic rings. The number of carbonyl (C=O) groups excluding carboxylic acids is 2. The van der Waals surface area contributed by atoms with E-state index in [9.17, 15) is 22.8 Å². The lowest BCUT2D eigenvalue weighted by Gasteiger charge is -2.36. The van der Waals surface area contributed by atoms with Crippen LogP contribution in [0.5, 0.6) is 5.75 Å². The fourth-order valence-electron chi connectivity index (χ4n) is 3.73. The normalized spacial score (nSPS) is 16.3. The third-order valence-corrected chi connectivity index (χ3v) is 5.68. The summed E-state index contributed by atoms with van der Waals surface area (Å²) in [6.45, 7) is 5.33. The smallest absolute Gasteiger partial charge is 0.416 e. The lowest BCUT2D eigenvalue weighted by atomic mass is 10.1. The summed E-state index contributed by atoms with van der Waals surface area (Å²) in [5.41, 5.74) is -0.645. The zero-order valence-corrected chi connectivity index (χ0v) is 20.3. The molecule has 0 N–H and O–H groups in total. The van der Waals surface area contributed by atoms with Gasteiger partial charge in [-0.15, -0.1) is 0 Å². The standard InChI is InChI=1S/C25H28ClF3N2O4/c1-17(2)13-31(24(33)18-3-5-19(6-4-18)25(27,28)29)15-22-14-30(11-12-34-22)23(32)16-35-21-9-7-20(26)8-10-21/h3-10,17,22H,11-16H2,1-2H3/t22-/m0/s1. The van der Waals surface area contributed by atoms with E-state index in [1.54, 1.807) is 34.1 Å². The minimum absolute atomic E-state index is 0.127. The molecule has 3 rings (SSSR count). The molecule has 1 atom stereocenters. The lowest BCUT2D eigenvalue weighted by molar-refractivity contribution is -0.141. The first-order valence-corrected chi connectivity index (χ1v) is 11.6. The number of rotatable bonds is 8. The van der Waals surface area contributed by atoms with Gasteiger partial charge in [0.05, 0.1) is 18.3 Å². The van der Waals surface area contributed by atoms with Crippen LogP contribution in [-0.4, -0.2) is 67.1 Å². The van der Waals surface area contributed by atoms with Crippen molar-refractivity contribution >= 4 is 23.4 Å². The highest BCUT2D eigenvalue weighted by Gasteiger charge is 2.31. The van der Waals surface area contributed by atoms with Gasteiger partial charge in [0.1, 0.15) is 5.75 Å². The van der Waals surface area contributed by atoms with Crippen molar-refractivity contribution in [2.45, 2.75) is 26.1 Å². The summed E-state index contributed by atoms with van der Waals surface area (Å²) in [6.07, 6.45) is -4.90. The molecule has 6 nitrogen and oxygen atoms in total. The van der Waals surface area contributed by atoms with Gasteiger partial charge in [0.2, 0.25) is 0 Å². The van der Waals surface area contributed by atoms with Gasteiger partial charge in [-0.2, -0.15) is 13.2 Å². The molecule has 0 saturated carbocycles. The minimum Gasteiger partial charge on any atom is -0.484 e. The van der Waals surface area contributed by atoms with Crippen molar-refractivity contribution in [3.63, 3.8) is 0 Å². The van der Waals surface area contributed by atoms with E-state index >= 15 is 0 Å². The molecule has 10 heteroatoms. The highest BCUT2D eigenvalue weighted by atomic mass is 35.5. The Balaban J connectivity index is 1.61. The number of hydrogen-bond donors (Lipinski definition) is 0. The highest BCUT2D eigenvalue weighted by molar-refractivity contribution is 6.30. The number of ether oxygens (including phenoxy) is 2. The van der Waals surface area contributed by atoms with Crippen LogP contribution in [0.25, 0.3) is 0 Å². The number of amides is 2. The maximum absolute atomic E-state index is 13.1. The van der Waals surface area contributed by atoms with Gasteiger partial charge in [-0.25, -0.2) is 0 Å². The number of halogens is 4. The van der Waals surface area contributed by atoms with Crippen molar-refractivity contribution < 1.29 is 32.2 Å². The maximum atomic E-state index is 13.1. The number of morpholine rings is 1. The Bertz CT molecular complexity index is 997. The van der Waals surface area contributed by atoms with Crippen molar-refractivity contribution in [3.05, 3.63) is 64.7 Å². The first-order chi connectivity index (χ1) is 16.5. The molecular weight excluding hydrogens is 485 g/mol. The monoisotopic (exact) mass is 512 g/mol. The van der Waals surface area contributed by atoms with Crippen molar-refractivity contribution in [2.24, 2.45) is 5.92 Å². The Morgan fingerprint density at radius 2 is 1.80 bits per heavy atom. The van der Waals surface area contributed by atoms with Gasteiger partial charge in [0.25, 0.3) is 11.8 Å². The molecule has 1 aliphatic heterocycles. The number of nitrogens with zero attached hydrogens (tertiary/aromatic N) is 2. The average molecular weight is 513 g/mol. The number of benzene rings is 2. The molecule has 0 aromatic heterocycles. The zero-order valence-electron chi connectivity index (χ0n) is 19.6. The van der Waals surface area contributed by atoms with E-state index in [0.29, 0.717) is 30.5 Å². The Morgan fingerprint density at radius 1 is 1.14 bits per heavy atom. The lowest BCUT2D eigenvalue weighted by Crippen LogP contribution is -2.52. The van der Waals surface area contributed by atoms with Gasteiger partial charge in [-0.05, 0) is 54.4 Å². The predicted octanol–water partition coefficient (Wildman–Crippen LogP) is 4.76. The molecule has 35 heavy (non-hydrogen) atoms. The summed E-state index contributed by atoms with van der Waals surface area (Å²) < 4.78 is 50.0. The fraction of sp³-hybridized carbons (Fsp3) is 0.440. The first-order valence-electron chi connectivity index (χ1n) is 11.3. The largest absolute Gasteiger partial charge is 0.484 e. The molecule has 1 heterocycles. The van der Waals surface area contributed by atoms with Crippen LogP contribution in [0, 0.1) is 5.92 Å². The van der Waals surface area contributed by atoms with E-state index in [2.05, 4.69) is 0 Å². The van der Waals surface area contributed by atoms with Crippen LogP contribution in [0.2, 0.25) is 5.02 Å². The van der Waals surface area contributed by atoms with E-state index < -0.39 is 17.8 Å². The third kappa shape index (κ3) is 7.86. The van der Waals surface area contributed by atoms with Crippen molar-refractivity contribution in [3.8, 4) is 5.75 Å². The Labute approximate surface area is 207 Å². The second-order valence-electron chi connectivity index (χ2n) is 8.75. The Kier molecular flexibility index (Phi) is 9.02. The van der Waals surface area contributed by atoms with Gasteiger partial charge in [-0.1, -0.05) is 25.4 Å². The second kappa shape index (κ2) is 11.8. The number of alkyl halides is 3. The fourth-order valence-corrected chi connectivity index (χ4v) is 3.86. The Hall–Kier alpha value is -2.78. The van der Waals surface area contributed by atoms with Crippen LogP contribution in [0.3, 0.4) is 0 Å². The summed E-state index contributed by atoms with van der Waals surface area (Å²) in [4.78, 5) is 28.9. The Morgan fingerprint density at radius 3 is 2.40 bits per heavy atom. The molecule has 1 aliphatic rings. The molecule has 0 aliphatic carbocycles. The molecule has 0 unspecified atom stereocenters. The van der Waals surface area contributed by atoms with E-state index in [-0.39, 0.29) is 43.0 Å². The summed E-state index contributed by atoms with van der Waals surface area (Å²) >= 11 is 5.85. The second-order valence-corrected chi connectivity index (χ2v) is 9.19. The van der Waals surface area contributed by atoms with E-state index in [0.717, 1.165) is 12.1 Å². The summed E-state index contributed by atoms with van der Waals surface area (Å²) in [5, 5.41) is 0.566. The van der Waals surface area contributed by atoms with Gasteiger partial charge >= 0.3 is 6.18 Å². The number of hydrogen-bond acceptors (Lipinski definition) is 4. The molecule has 190 valence electrons. The van der Waals surface area contributed by atoms with Crippen LogP contribution >= 0.6 is 11.6 Å². The molecule has 1 fully saturated rings. The third-order valence-electron chi connectivity index (χ3n) is 5.42. The molecule has 1 saturated heterocycles. The number of carbonyl (C=O) groups is 2. The van der Waals surface area contributed by atoms with Gasteiger partial charge in [-0.3, -0.25) is 9.59 Å². The van der Waals surface area contributed by atoms with Crippen molar-refractivity contribution in [1.29, 1.82) is 0 Å². The zero-order chi connectivity index (χ0) is 25.6. The van der Waals surface area contributed by atoms with Crippen LogP contribution in [0.1, 0.15) is 29.8 Å². The van der Waals surface area contributed by atoms with E-state index in [4.69, 9.17) is 21.1 Å². The molecule has 0 spiro atoms. The highest BCUT2D eigenvalue weighted by Crippen LogP contribution is 2.29. The van der Waals surface area contributed by atoms with Gasteiger partial charge in [0, 0.05) is 36.8 Å². The molecule has 0 bridgehead atoms. The van der Waals surface area contributed by atoms with Crippen LogP contribution in [-0.2, 0) is 15.7 Å². The van der Waals surface area contributed by atoms with Crippen LogP contribution < -0.4 is 4.74 Å². The topological polar surface area (TPSA) is 59.1 Å². The summed E-state index contributed by atoms with van der Waals surface area (Å²) in [5.74, 6) is 0.0589. The molecular formula is C25H28ClF3N2O4. The molecule has 2 aromatic carbocycles. The predicted molar refractivity (Wildman–Crippen MR) is 125 cm³/mol. The van der Waals surface area contributed by atoms with Crippen molar-refractivity contribution in [2.75, 3.05) is 39.4 Å². The summed E-state index contributed by atoms with van der Waals surface area (Å²) in [7, 11) is 0. The van der Waals surface area contributed by atoms with E-state index in [1.807, 2.05) is 13.8 Å².